The van der Waals surface area contributed by atoms with E-state index in [0.717, 1.165) is 6.54 Å². The Morgan fingerprint density at radius 1 is 1.06 bits per heavy atom. The first-order valence-corrected chi connectivity index (χ1v) is 7.16. The van der Waals surface area contributed by atoms with Gasteiger partial charge in [0.05, 0.1) is 0 Å². The Hall–Kier alpha value is -0.0800. The van der Waals surface area contributed by atoms with Crippen LogP contribution in [0.3, 0.4) is 0 Å². The minimum Gasteiger partial charge on any atom is -0.312 e. The Morgan fingerprint density at radius 2 is 1.69 bits per heavy atom. The second-order valence-electron chi connectivity index (χ2n) is 4.75. The van der Waals surface area contributed by atoms with E-state index in [0.29, 0.717) is 12.1 Å². The van der Waals surface area contributed by atoms with E-state index in [9.17, 15) is 0 Å². The average molecular weight is 228 g/mol. The number of nitrogens with one attached hydrogen (secondary N) is 1. The van der Waals surface area contributed by atoms with Crippen LogP contribution in [0.25, 0.3) is 0 Å². The maximum atomic E-state index is 3.67. The molecule has 0 aliphatic rings. The van der Waals surface area contributed by atoms with Crippen molar-refractivity contribution in [3.63, 3.8) is 0 Å². The zero-order valence-electron chi connectivity index (χ0n) is 12.1. The van der Waals surface area contributed by atoms with Crippen LogP contribution in [-0.4, -0.2) is 36.6 Å². The van der Waals surface area contributed by atoms with E-state index in [1.54, 1.807) is 0 Å². The van der Waals surface area contributed by atoms with E-state index in [4.69, 9.17) is 0 Å². The molecule has 0 aliphatic heterocycles. The van der Waals surface area contributed by atoms with E-state index in [2.05, 4.69) is 44.8 Å². The highest BCUT2D eigenvalue weighted by molar-refractivity contribution is 4.71. The second kappa shape index (κ2) is 10.1. The number of hydrogen-bond acceptors (Lipinski definition) is 2. The molecule has 0 radical (unpaired) electrons. The molecule has 0 spiro atoms. The van der Waals surface area contributed by atoms with Crippen molar-refractivity contribution >= 4 is 0 Å². The number of unbranched alkanes of at least 4 members (excludes halogenated alkanes) is 1. The van der Waals surface area contributed by atoms with E-state index >= 15 is 0 Å². The highest BCUT2D eigenvalue weighted by Gasteiger charge is 2.12. The average Bonchev–Trinajstić information content (AvgIpc) is 2.31. The first kappa shape index (κ1) is 15.9. The summed E-state index contributed by atoms with van der Waals surface area (Å²) in [7, 11) is 0. The number of rotatable bonds is 10. The molecule has 2 heteroatoms. The SMILES string of the molecule is CCCCN(CC)C(C)CNC(CC)CC. The van der Waals surface area contributed by atoms with Crippen molar-refractivity contribution in [1.82, 2.24) is 10.2 Å². The summed E-state index contributed by atoms with van der Waals surface area (Å²) in [4.78, 5) is 2.58. The Labute approximate surface area is 103 Å². The van der Waals surface area contributed by atoms with Crippen LogP contribution < -0.4 is 5.32 Å². The predicted molar refractivity (Wildman–Crippen MR) is 74.0 cm³/mol. The summed E-state index contributed by atoms with van der Waals surface area (Å²) in [5, 5.41) is 3.67. The smallest absolute Gasteiger partial charge is 0.0192 e. The normalized spacial score (nSPS) is 13.7. The van der Waals surface area contributed by atoms with Crippen LogP contribution in [-0.2, 0) is 0 Å². The zero-order valence-corrected chi connectivity index (χ0v) is 12.1. The summed E-state index contributed by atoms with van der Waals surface area (Å²) in [6.07, 6.45) is 5.10. The third kappa shape index (κ3) is 6.49. The van der Waals surface area contributed by atoms with E-state index < -0.39 is 0 Å². The fourth-order valence-corrected chi connectivity index (χ4v) is 2.10. The molecule has 0 rings (SSSR count). The third-order valence-electron chi connectivity index (χ3n) is 3.52. The molecule has 0 fully saturated rings. The molecule has 0 aromatic carbocycles. The first-order valence-electron chi connectivity index (χ1n) is 7.16. The molecule has 0 heterocycles. The molecule has 16 heavy (non-hydrogen) atoms. The van der Waals surface area contributed by atoms with Crippen molar-refractivity contribution in [2.75, 3.05) is 19.6 Å². The highest BCUT2D eigenvalue weighted by Crippen LogP contribution is 2.03. The fraction of sp³-hybridized carbons (Fsp3) is 1.00. The molecule has 0 aromatic heterocycles. The van der Waals surface area contributed by atoms with Gasteiger partial charge in [-0.2, -0.15) is 0 Å². The molecule has 0 aliphatic carbocycles. The highest BCUT2D eigenvalue weighted by atomic mass is 15.2. The third-order valence-corrected chi connectivity index (χ3v) is 3.52. The Kier molecular flexibility index (Phi) is 10.0. The van der Waals surface area contributed by atoms with Gasteiger partial charge in [0.2, 0.25) is 0 Å². The van der Waals surface area contributed by atoms with Gasteiger partial charge in [-0.05, 0) is 39.3 Å². The van der Waals surface area contributed by atoms with Crippen molar-refractivity contribution in [3.8, 4) is 0 Å². The Balaban J connectivity index is 3.85. The van der Waals surface area contributed by atoms with E-state index in [1.807, 2.05) is 0 Å². The minimum atomic E-state index is 0.664. The van der Waals surface area contributed by atoms with Gasteiger partial charge in [0, 0.05) is 18.6 Å². The van der Waals surface area contributed by atoms with Crippen molar-refractivity contribution < 1.29 is 0 Å². The van der Waals surface area contributed by atoms with Gasteiger partial charge in [0.1, 0.15) is 0 Å². The van der Waals surface area contributed by atoms with Crippen molar-refractivity contribution in [2.24, 2.45) is 0 Å². The number of hydrogen-bond donors (Lipinski definition) is 1. The molecule has 1 N–H and O–H groups in total. The summed E-state index contributed by atoms with van der Waals surface area (Å²) in [6, 6.07) is 1.37. The lowest BCUT2D eigenvalue weighted by Crippen LogP contribution is -2.43. The summed E-state index contributed by atoms with van der Waals surface area (Å²) >= 11 is 0. The van der Waals surface area contributed by atoms with Crippen LogP contribution in [0.2, 0.25) is 0 Å². The maximum Gasteiger partial charge on any atom is 0.0192 e. The lowest BCUT2D eigenvalue weighted by Gasteiger charge is -2.29. The van der Waals surface area contributed by atoms with Crippen LogP contribution >= 0.6 is 0 Å². The molecule has 0 bridgehead atoms. The van der Waals surface area contributed by atoms with E-state index in [-0.39, 0.29) is 0 Å². The van der Waals surface area contributed by atoms with Crippen LogP contribution in [0.15, 0.2) is 0 Å². The van der Waals surface area contributed by atoms with Crippen LogP contribution in [0.1, 0.15) is 60.3 Å². The quantitative estimate of drug-likeness (QED) is 0.617. The molecule has 1 atom stereocenters. The summed E-state index contributed by atoms with van der Waals surface area (Å²) in [6.45, 7) is 15.0. The molecular formula is C14H32N2. The van der Waals surface area contributed by atoms with Crippen molar-refractivity contribution in [1.29, 1.82) is 0 Å². The van der Waals surface area contributed by atoms with Gasteiger partial charge in [0.15, 0.2) is 0 Å². The molecule has 0 saturated carbocycles. The van der Waals surface area contributed by atoms with Crippen LogP contribution in [0, 0.1) is 0 Å². The predicted octanol–water partition coefficient (Wildman–Crippen LogP) is 3.28. The lowest BCUT2D eigenvalue weighted by molar-refractivity contribution is 0.206. The molecule has 2 nitrogen and oxygen atoms in total. The topological polar surface area (TPSA) is 15.3 Å². The standard InChI is InChI=1S/C14H32N2/c1-6-10-11-16(9-4)13(5)12-15-14(7-2)8-3/h13-15H,6-12H2,1-5H3. The van der Waals surface area contributed by atoms with Crippen molar-refractivity contribution in [2.45, 2.75) is 72.4 Å². The largest absolute Gasteiger partial charge is 0.312 e. The second-order valence-corrected chi connectivity index (χ2v) is 4.75. The number of nitrogens with zero attached hydrogens (tertiary/aromatic N) is 1. The molecule has 98 valence electrons. The molecular weight excluding hydrogens is 196 g/mol. The van der Waals surface area contributed by atoms with Gasteiger partial charge in [-0.15, -0.1) is 0 Å². The van der Waals surface area contributed by atoms with Crippen LogP contribution in [0.4, 0.5) is 0 Å². The fourth-order valence-electron chi connectivity index (χ4n) is 2.10. The Bertz CT molecular complexity index is 144. The zero-order chi connectivity index (χ0) is 12.4. The monoisotopic (exact) mass is 228 g/mol. The van der Waals surface area contributed by atoms with Gasteiger partial charge in [-0.3, -0.25) is 4.90 Å². The molecule has 0 amide bonds. The molecule has 0 aromatic rings. The van der Waals surface area contributed by atoms with Gasteiger partial charge in [-0.25, -0.2) is 0 Å². The summed E-state index contributed by atoms with van der Waals surface area (Å²) in [5.41, 5.74) is 0. The van der Waals surface area contributed by atoms with E-state index in [1.165, 1.54) is 38.8 Å². The molecule has 1 unspecified atom stereocenters. The number of likely N-dealkylation sites (N-methyl/N-ethyl adjacent to an activating group) is 1. The lowest BCUT2D eigenvalue weighted by atomic mass is 10.1. The van der Waals surface area contributed by atoms with Gasteiger partial charge in [-0.1, -0.05) is 34.1 Å². The maximum absolute atomic E-state index is 3.67. The minimum absolute atomic E-state index is 0.664. The molecule has 0 saturated heterocycles. The van der Waals surface area contributed by atoms with Crippen LogP contribution in [0.5, 0.6) is 0 Å². The van der Waals surface area contributed by atoms with Gasteiger partial charge in [0.25, 0.3) is 0 Å². The summed E-state index contributed by atoms with van der Waals surface area (Å²) in [5.74, 6) is 0. The van der Waals surface area contributed by atoms with Crippen molar-refractivity contribution in [3.05, 3.63) is 0 Å². The van der Waals surface area contributed by atoms with Gasteiger partial charge >= 0.3 is 0 Å². The Morgan fingerprint density at radius 3 is 2.12 bits per heavy atom. The summed E-state index contributed by atoms with van der Waals surface area (Å²) < 4.78 is 0. The first-order chi connectivity index (χ1) is 7.69. The van der Waals surface area contributed by atoms with Gasteiger partial charge < -0.3 is 5.32 Å².